The first-order valence-corrected chi connectivity index (χ1v) is 10.3. The van der Waals surface area contributed by atoms with Crippen molar-refractivity contribution in [2.75, 3.05) is 20.2 Å². The fraction of sp³-hybridized carbons (Fsp3) is 0.478. The molecule has 2 fully saturated rings. The Morgan fingerprint density at radius 2 is 2.07 bits per heavy atom. The summed E-state index contributed by atoms with van der Waals surface area (Å²) in [6.45, 7) is 6.99. The lowest BCUT2D eigenvalue weighted by atomic mass is 9.96. The van der Waals surface area contributed by atoms with Crippen LogP contribution in [0, 0.1) is 19.7 Å². The Kier molecular flexibility index (Phi) is 5.07. The number of aryl methyl sites for hydroxylation is 2. The van der Waals surface area contributed by atoms with Crippen molar-refractivity contribution in [3.63, 3.8) is 0 Å². The number of rotatable bonds is 4. The zero-order valence-corrected chi connectivity index (χ0v) is 17.5. The number of likely N-dealkylation sites (N-methyl/N-ethyl adjacent to an activating group) is 1. The Labute approximate surface area is 171 Å². The van der Waals surface area contributed by atoms with Crippen molar-refractivity contribution in [1.29, 1.82) is 0 Å². The van der Waals surface area contributed by atoms with Gasteiger partial charge in [0.25, 0.3) is 0 Å². The minimum atomic E-state index is -0.470. The van der Waals surface area contributed by atoms with Crippen LogP contribution in [0.15, 0.2) is 24.3 Å². The number of nitrogens with zero attached hydrogens (tertiary/aromatic N) is 2. The van der Waals surface area contributed by atoms with Gasteiger partial charge in [0.2, 0.25) is 5.91 Å². The average molecular weight is 397 g/mol. The maximum absolute atomic E-state index is 14.8. The number of ether oxygens (including phenoxy) is 1. The number of carbonyl (C=O) groups is 1. The number of nitrogens with one attached hydrogen (secondary N) is 1. The molecule has 0 saturated carbocycles. The average Bonchev–Trinajstić information content (AvgIpc) is 3.23. The molecular weight excluding hydrogens is 369 g/mol. The third-order valence-corrected chi connectivity index (χ3v) is 6.15. The SMILES string of the molecule is CCOc1cc(-c2cc(C)nc([C@H]3CC[C@@]4(CCN(C)C4=O)N3)c2)c(F)cc1C. The summed E-state index contributed by atoms with van der Waals surface area (Å²) in [5.41, 5.74) is 3.29. The molecule has 2 aliphatic rings. The summed E-state index contributed by atoms with van der Waals surface area (Å²) in [6, 6.07) is 7.11. The monoisotopic (exact) mass is 397 g/mol. The summed E-state index contributed by atoms with van der Waals surface area (Å²) in [6.07, 6.45) is 2.47. The van der Waals surface area contributed by atoms with Crippen LogP contribution in [0.5, 0.6) is 5.75 Å². The van der Waals surface area contributed by atoms with Crippen molar-refractivity contribution in [2.45, 2.75) is 51.6 Å². The first kappa shape index (κ1) is 19.8. The van der Waals surface area contributed by atoms with E-state index in [-0.39, 0.29) is 17.8 Å². The summed E-state index contributed by atoms with van der Waals surface area (Å²) in [7, 11) is 1.85. The van der Waals surface area contributed by atoms with Crippen molar-refractivity contribution in [1.82, 2.24) is 15.2 Å². The van der Waals surface area contributed by atoms with Gasteiger partial charge in [-0.2, -0.15) is 0 Å². The molecule has 2 aliphatic heterocycles. The minimum Gasteiger partial charge on any atom is -0.494 e. The van der Waals surface area contributed by atoms with Crippen LogP contribution < -0.4 is 10.1 Å². The molecule has 0 bridgehead atoms. The van der Waals surface area contributed by atoms with Crippen molar-refractivity contribution in [3.05, 3.63) is 47.0 Å². The van der Waals surface area contributed by atoms with E-state index in [4.69, 9.17) is 9.72 Å². The molecule has 1 amide bonds. The van der Waals surface area contributed by atoms with Crippen molar-refractivity contribution in [3.8, 4) is 16.9 Å². The maximum atomic E-state index is 14.8. The van der Waals surface area contributed by atoms with Crippen LogP contribution in [0.3, 0.4) is 0 Å². The van der Waals surface area contributed by atoms with E-state index in [2.05, 4.69) is 5.32 Å². The van der Waals surface area contributed by atoms with Crippen molar-refractivity contribution < 1.29 is 13.9 Å². The smallest absolute Gasteiger partial charge is 0.242 e. The Morgan fingerprint density at radius 3 is 2.76 bits per heavy atom. The predicted octanol–water partition coefficient (Wildman–Crippen LogP) is 3.93. The molecule has 29 heavy (non-hydrogen) atoms. The molecule has 5 nitrogen and oxygen atoms in total. The number of likely N-dealkylation sites (tertiary alicyclic amines) is 1. The fourth-order valence-corrected chi connectivity index (χ4v) is 4.60. The Hall–Kier alpha value is -2.47. The van der Waals surface area contributed by atoms with Gasteiger partial charge in [0.1, 0.15) is 17.1 Å². The first-order valence-electron chi connectivity index (χ1n) is 10.3. The second kappa shape index (κ2) is 7.41. The number of pyridine rings is 1. The van der Waals surface area contributed by atoms with E-state index >= 15 is 0 Å². The molecule has 2 saturated heterocycles. The summed E-state index contributed by atoms with van der Waals surface area (Å²) < 4.78 is 20.5. The lowest BCUT2D eigenvalue weighted by molar-refractivity contribution is -0.131. The third kappa shape index (κ3) is 3.50. The molecule has 6 heteroatoms. The van der Waals surface area contributed by atoms with E-state index in [1.165, 1.54) is 6.07 Å². The number of hydrogen-bond acceptors (Lipinski definition) is 4. The highest BCUT2D eigenvalue weighted by Crippen LogP contribution is 2.40. The van der Waals surface area contributed by atoms with Crippen LogP contribution in [0.4, 0.5) is 4.39 Å². The highest BCUT2D eigenvalue weighted by Gasteiger charge is 2.50. The Balaban J connectivity index is 1.68. The lowest BCUT2D eigenvalue weighted by Gasteiger charge is -2.23. The van der Waals surface area contributed by atoms with E-state index in [1.807, 2.05) is 40.0 Å². The highest BCUT2D eigenvalue weighted by molar-refractivity contribution is 5.88. The van der Waals surface area contributed by atoms with Gasteiger partial charge in [-0.15, -0.1) is 0 Å². The van der Waals surface area contributed by atoms with Crippen molar-refractivity contribution in [2.24, 2.45) is 0 Å². The minimum absolute atomic E-state index is 0.0102. The lowest BCUT2D eigenvalue weighted by Crippen LogP contribution is -2.47. The largest absolute Gasteiger partial charge is 0.494 e. The van der Waals surface area contributed by atoms with Gasteiger partial charge in [-0.1, -0.05) is 0 Å². The van der Waals surface area contributed by atoms with Crippen LogP contribution >= 0.6 is 0 Å². The van der Waals surface area contributed by atoms with Crippen LogP contribution in [-0.4, -0.2) is 41.5 Å². The number of halogens is 1. The molecule has 1 aromatic carbocycles. The number of amides is 1. The molecule has 1 aromatic heterocycles. The van der Waals surface area contributed by atoms with Crippen LogP contribution in [-0.2, 0) is 4.79 Å². The van der Waals surface area contributed by atoms with Crippen LogP contribution in [0.1, 0.15) is 49.2 Å². The van der Waals surface area contributed by atoms with Gasteiger partial charge < -0.3 is 9.64 Å². The third-order valence-electron chi connectivity index (χ3n) is 6.15. The van der Waals surface area contributed by atoms with Gasteiger partial charge in [-0.05, 0) is 75.4 Å². The Bertz CT molecular complexity index is 961. The highest BCUT2D eigenvalue weighted by atomic mass is 19.1. The van der Waals surface area contributed by atoms with Gasteiger partial charge in [-0.3, -0.25) is 15.1 Å². The molecule has 1 N–H and O–H groups in total. The maximum Gasteiger partial charge on any atom is 0.242 e. The molecular formula is C23H28FN3O2. The molecule has 4 rings (SSSR count). The second-order valence-corrected chi connectivity index (χ2v) is 8.25. The molecule has 3 heterocycles. The summed E-state index contributed by atoms with van der Waals surface area (Å²) in [5.74, 6) is 0.585. The van der Waals surface area contributed by atoms with Crippen molar-refractivity contribution >= 4 is 5.91 Å². The fourth-order valence-electron chi connectivity index (χ4n) is 4.60. The number of benzene rings is 1. The first-order chi connectivity index (χ1) is 13.8. The van der Waals surface area contributed by atoms with E-state index in [0.717, 1.165) is 48.3 Å². The van der Waals surface area contributed by atoms with E-state index < -0.39 is 5.54 Å². The second-order valence-electron chi connectivity index (χ2n) is 8.25. The van der Waals surface area contributed by atoms with Gasteiger partial charge in [0, 0.05) is 24.8 Å². The predicted molar refractivity (Wildman–Crippen MR) is 110 cm³/mol. The summed E-state index contributed by atoms with van der Waals surface area (Å²) >= 11 is 0. The number of hydrogen-bond donors (Lipinski definition) is 1. The molecule has 2 atom stereocenters. The standard InChI is InChI=1S/C23H28FN3O2/c1-5-29-21-13-17(18(24)10-14(21)2)16-11-15(3)25-20(12-16)19-6-7-23(26-19)8-9-27(4)22(23)28/h10-13,19,26H,5-9H2,1-4H3/t19-,23+/m1/s1. The van der Waals surface area contributed by atoms with Gasteiger partial charge in [0.15, 0.2) is 0 Å². The van der Waals surface area contributed by atoms with Gasteiger partial charge in [0.05, 0.1) is 18.3 Å². The summed E-state index contributed by atoms with van der Waals surface area (Å²) in [4.78, 5) is 19.1. The van der Waals surface area contributed by atoms with Gasteiger partial charge in [-0.25, -0.2) is 4.39 Å². The molecule has 2 aromatic rings. The molecule has 1 spiro atoms. The Morgan fingerprint density at radius 1 is 1.28 bits per heavy atom. The zero-order chi connectivity index (χ0) is 20.8. The van der Waals surface area contributed by atoms with Gasteiger partial charge >= 0.3 is 0 Å². The summed E-state index contributed by atoms with van der Waals surface area (Å²) in [5, 5.41) is 3.55. The van der Waals surface area contributed by atoms with Crippen LogP contribution in [0.25, 0.3) is 11.1 Å². The van der Waals surface area contributed by atoms with Crippen LogP contribution in [0.2, 0.25) is 0 Å². The topological polar surface area (TPSA) is 54.5 Å². The molecule has 0 aliphatic carbocycles. The zero-order valence-electron chi connectivity index (χ0n) is 17.5. The molecule has 0 unspecified atom stereocenters. The number of aromatic nitrogens is 1. The van der Waals surface area contributed by atoms with E-state index in [1.54, 1.807) is 11.0 Å². The normalized spacial score (nSPS) is 24.0. The molecule has 154 valence electrons. The number of carbonyl (C=O) groups excluding carboxylic acids is 1. The van der Waals surface area contributed by atoms with E-state index in [9.17, 15) is 9.18 Å². The molecule has 0 radical (unpaired) electrons. The van der Waals surface area contributed by atoms with E-state index in [0.29, 0.717) is 17.9 Å². The quantitative estimate of drug-likeness (QED) is 0.849.